The molecule has 0 bridgehead atoms. The summed E-state index contributed by atoms with van der Waals surface area (Å²) in [5.74, 6) is 0.728. The van der Waals surface area contributed by atoms with Gasteiger partial charge < -0.3 is 5.32 Å². The lowest BCUT2D eigenvalue weighted by molar-refractivity contribution is 0.873. The zero-order chi connectivity index (χ0) is 13.0. The van der Waals surface area contributed by atoms with Crippen molar-refractivity contribution in [1.82, 2.24) is 4.98 Å². The Labute approximate surface area is 113 Å². The molecule has 0 radical (unpaired) electrons. The molecule has 94 valence electrons. The van der Waals surface area contributed by atoms with Gasteiger partial charge in [-0.25, -0.2) is 4.98 Å². The maximum absolute atomic E-state index is 6.08. The van der Waals surface area contributed by atoms with Crippen LogP contribution in [0.3, 0.4) is 0 Å². The molecule has 2 aromatic rings. The molecule has 2 nitrogen and oxygen atoms in total. The van der Waals surface area contributed by atoms with Crippen molar-refractivity contribution in [3.05, 3.63) is 58.7 Å². The maximum atomic E-state index is 6.08. The molecule has 1 heterocycles. The van der Waals surface area contributed by atoms with Crippen molar-refractivity contribution >= 4 is 17.4 Å². The van der Waals surface area contributed by atoms with Gasteiger partial charge in [0.25, 0.3) is 0 Å². The second-order valence-electron chi connectivity index (χ2n) is 4.29. The van der Waals surface area contributed by atoms with Crippen molar-refractivity contribution in [3.63, 3.8) is 0 Å². The fourth-order valence-corrected chi connectivity index (χ4v) is 2.00. The first-order valence-corrected chi connectivity index (χ1v) is 6.54. The second kappa shape index (κ2) is 5.87. The number of anilines is 1. The SMILES string of the molecule is CCc1ccc(C(C)Nc2ncccc2Cl)cc1. The molecule has 0 aliphatic heterocycles. The van der Waals surface area contributed by atoms with Gasteiger partial charge in [-0.05, 0) is 36.6 Å². The summed E-state index contributed by atoms with van der Waals surface area (Å²) >= 11 is 6.08. The summed E-state index contributed by atoms with van der Waals surface area (Å²) in [7, 11) is 0. The van der Waals surface area contributed by atoms with Crippen LogP contribution in [-0.4, -0.2) is 4.98 Å². The largest absolute Gasteiger partial charge is 0.362 e. The molecule has 0 amide bonds. The van der Waals surface area contributed by atoms with Crippen LogP contribution >= 0.6 is 11.6 Å². The number of rotatable bonds is 4. The van der Waals surface area contributed by atoms with Crippen molar-refractivity contribution in [1.29, 1.82) is 0 Å². The minimum absolute atomic E-state index is 0.184. The summed E-state index contributed by atoms with van der Waals surface area (Å²) in [4.78, 5) is 4.23. The Bertz CT molecular complexity index is 508. The van der Waals surface area contributed by atoms with Crippen LogP contribution in [0.4, 0.5) is 5.82 Å². The Balaban J connectivity index is 2.11. The van der Waals surface area contributed by atoms with E-state index in [1.165, 1.54) is 11.1 Å². The van der Waals surface area contributed by atoms with Crippen LogP contribution in [0.25, 0.3) is 0 Å². The normalized spacial score (nSPS) is 12.2. The third kappa shape index (κ3) is 3.02. The van der Waals surface area contributed by atoms with Gasteiger partial charge in [-0.15, -0.1) is 0 Å². The van der Waals surface area contributed by atoms with Gasteiger partial charge in [0.05, 0.1) is 5.02 Å². The zero-order valence-corrected chi connectivity index (χ0v) is 11.4. The molecule has 1 atom stereocenters. The summed E-state index contributed by atoms with van der Waals surface area (Å²) in [6, 6.07) is 12.5. The minimum atomic E-state index is 0.184. The van der Waals surface area contributed by atoms with Crippen LogP contribution in [0, 0.1) is 0 Å². The molecule has 1 aromatic heterocycles. The lowest BCUT2D eigenvalue weighted by atomic mass is 10.1. The van der Waals surface area contributed by atoms with Crippen LogP contribution < -0.4 is 5.32 Å². The molecule has 0 spiro atoms. The third-order valence-electron chi connectivity index (χ3n) is 3.00. The average molecular weight is 261 g/mol. The third-order valence-corrected chi connectivity index (χ3v) is 3.30. The standard InChI is InChI=1S/C15H17ClN2/c1-3-12-6-8-13(9-7-12)11(2)18-15-14(16)5-4-10-17-15/h4-11H,3H2,1-2H3,(H,17,18). The Morgan fingerprint density at radius 1 is 1.22 bits per heavy atom. The monoisotopic (exact) mass is 260 g/mol. The fourth-order valence-electron chi connectivity index (χ4n) is 1.82. The molecule has 0 fully saturated rings. The van der Waals surface area contributed by atoms with Gasteiger partial charge in [0.2, 0.25) is 0 Å². The second-order valence-corrected chi connectivity index (χ2v) is 4.70. The molecule has 3 heteroatoms. The van der Waals surface area contributed by atoms with Gasteiger partial charge in [-0.1, -0.05) is 42.8 Å². The van der Waals surface area contributed by atoms with E-state index in [-0.39, 0.29) is 6.04 Å². The van der Waals surface area contributed by atoms with E-state index in [9.17, 15) is 0 Å². The quantitative estimate of drug-likeness (QED) is 0.877. The van der Waals surface area contributed by atoms with Gasteiger partial charge in [0, 0.05) is 12.2 Å². The number of halogens is 1. The van der Waals surface area contributed by atoms with Gasteiger partial charge in [0.15, 0.2) is 0 Å². The first kappa shape index (κ1) is 12.9. The molecule has 0 saturated heterocycles. The lowest BCUT2D eigenvalue weighted by Crippen LogP contribution is -2.08. The van der Waals surface area contributed by atoms with Crippen molar-refractivity contribution in [2.45, 2.75) is 26.3 Å². The van der Waals surface area contributed by atoms with E-state index in [1.807, 2.05) is 12.1 Å². The van der Waals surface area contributed by atoms with E-state index in [4.69, 9.17) is 11.6 Å². The Kier molecular flexibility index (Phi) is 4.21. The van der Waals surface area contributed by atoms with Crippen LogP contribution in [0.15, 0.2) is 42.6 Å². The average Bonchev–Trinajstić information content (AvgIpc) is 2.41. The highest BCUT2D eigenvalue weighted by molar-refractivity contribution is 6.32. The molecular weight excluding hydrogens is 244 g/mol. The number of hydrogen-bond acceptors (Lipinski definition) is 2. The Hall–Kier alpha value is -1.54. The zero-order valence-electron chi connectivity index (χ0n) is 10.7. The fraction of sp³-hybridized carbons (Fsp3) is 0.267. The number of aromatic nitrogens is 1. The molecule has 0 aliphatic rings. The van der Waals surface area contributed by atoms with Crippen molar-refractivity contribution < 1.29 is 0 Å². The Morgan fingerprint density at radius 2 is 1.94 bits per heavy atom. The summed E-state index contributed by atoms with van der Waals surface area (Å²) in [6.07, 6.45) is 2.80. The predicted octanol–water partition coefficient (Wildman–Crippen LogP) is 4.47. The topological polar surface area (TPSA) is 24.9 Å². The molecule has 1 N–H and O–H groups in total. The van der Waals surface area contributed by atoms with Crippen LogP contribution in [-0.2, 0) is 6.42 Å². The van der Waals surface area contributed by atoms with Crippen molar-refractivity contribution in [2.75, 3.05) is 5.32 Å². The molecule has 2 rings (SSSR count). The van der Waals surface area contributed by atoms with Crippen molar-refractivity contribution in [3.8, 4) is 0 Å². The number of benzene rings is 1. The van der Waals surface area contributed by atoms with E-state index in [1.54, 1.807) is 6.20 Å². The predicted molar refractivity (Wildman–Crippen MR) is 77.1 cm³/mol. The van der Waals surface area contributed by atoms with Gasteiger partial charge in [0.1, 0.15) is 5.82 Å². The van der Waals surface area contributed by atoms with Gasteiger partial charge in [-0.3, -0.25) is 0 Å². The summed E-state index contributed by atoms with van der Waals surface area (Å²) in [6.45, 7) is 4.26. The highest BCUT2D eigenvalue weighted by Gasteiger charge is 2.08. The van der Waals surface area contributed by atoms with E-state index in [2.05, 4.69) is 48.4 Å². The first-order valence-electron chi connectivity index (χ1n) is 6.16. The van der Waals surface area contributed by atoms with Gasteiger partial charge in [-0.2, -0.15) is 0 Å². The molecule has 1 unspecified atom stereocenters. The smallest absolute Gasteiger partial charge is 0.145 e. The summed E-state index contributed by atoms with van der Waals surface area (Å²) in [5.41, 5.74) is 2.58. The van der Waals surface area contributed by atoms with Crippen LogP contribution in [0.1, 0.15) is 31.0 Å². The van der Waals surface area contributed by atoms with E-state index in [0.717, 1.165) is 12.2 Å². The van der Waals surface area contributed by atoms with Crippen LogP contribution in [0.5, 0.6) is 0 Å². The van der Waals surface area contributed by atoms with Gasteiger partial charge >= 0.3 is 0 Å². The molecule has 0 saturated carbocycles. The Morgan fingerprint density at radius 3 is 2.56 bits per heavy atom. The number of aryl methyl sites for hydroxylation is 1. The minimum Gasteiger partial charge on any atom is -0.362 e. The van der Waals surface area contributed by atoms with E-state index in [0.29, 0.717) is 5.02 Å². The van der Waals surface area contributed by atoms with Crippen molar-refractivity contribution in [2.24, 2.45) is 0 Å². The number of hydrogen-bond donors (Lipinski definition) is 1. The highest BCUT2D eigenvalue weighted by atomic mass is 35.5. The number of pyridine rings is 1. The highest BCUT2D eigenvalue weighted by Crippen LogP contribution is 2.23. The summed E-state index contributed by atoms with van der Waals surface area (Å²) < 4.78 is 0. The lowest BCUT2D eigenvalue weighted by Gasteiger charge is -2.16. The number of nitrogens with zero attached hydrogens (tertiary/aromatic N) is 1. The van der Waals surface area contributed by atoms with E-state index >= 15 is 0 Å². The van der Waals surface area contributed by atoms with E-state index < -0.39 is 0 Å². The maximum Gasteiger partial charge on any atom is 0.145 e. The summed E-state index contributed by atoms with van der Waals surface area (Å²) in [5, 5.41) is 3.97. The molecule has 1 aromatic carbocycles. The molecule has 0 aliphatic carbocycles. The number of nitrogens with one attached hydrogen (secondary N) is 1. The van der Waals surface area contributed by atoms with Crippen LogP contribution in [0.2, 0.25) is 5.02 Å². The first-order chi connectivity index (χ1) is 8.70. The molecule has 18 heavy (non-hydrogen) atoms. The molecular formula is C15H17ClN2.